The first-order valence-electron chi connectivity index (χ1n) is 10.2. The van der Waals surface area contributed by atoms with E-state index in [1.54, 1.807) is 11.5 Å². The molecule has 6 nitrogen and oxygen atoms in total. The van der Waals surface area contributed by atoms with E-state index in [9.17, 15) is 9.59 Å². The van der Waals surface area contributed by atoms with Crippen LogP contribution in [-0.4, -0.2) is 36.1 Å². The first-order valence-corrected chi connectivity index (χ1v) is 11.1. The highest BCUT2D eigenvalue weighted by Gasteiger charge is 2.53. The van der Waals surface area contributed by atoms with Gasteiger partial charge in [-0.25, -0.2) is 9.78 Å². The third kappa shape index (κ3) is 3.95. The molecule has 1 unspecified atom stereocenters. The second-order valence-electron chi connectivity index (χ2n) is 8.85. The molecule has 4 bridgehead atoms. The summed E-state index contributed by atoms with van der Waals surface area (Å²) in [5.41, 5.74) is 0.466. The van der Waals surface area contributed by atoms with Crippen LogP contribution < -0.4 is 10.6 Å². The number of hydrogen-bond donors (Lipinski definition) is 2. The van der Waals surface area contributed by atoms with Gasteiger partial charge in [0.25, 0.3) is 5.91 Å². The molecule has 152 valence electrons. The fraction of sp³-hybridized carbons (Fsp3) is 0.667. The zero-order valence-electron chi connectivity index (χ0n) is 16.4. The number of nitrogens with one attached hydrogen (secondary N) is 2. The molecule has 0 spiro atoms. The van der Waals surface area contributed by atoms with Crippen LogP contribution in [0.2, 0.25) is 0 Å². The molecular formula is C21H29N3O3S. The van der Waals surface area contributed by atoms with Gasteiger partial charge >= 0.3 is 5.97 Å². The van der Waals surface area contributed by atoms with Crippen molar-refractivity contribution in [3.05, 3.63) is 23.7 Å². The van der Waals surface area contributed by atoms with Gasteiger partial charge in [0.15, 0.2) is 17.4 Å². The van der Waals surface area contributed by atoms with Crippen LogP contribution in [0, 0.1) is 23.2 Å². The zero-order valence-corrected chi connectivity index (χ0v) is 17.2. The molecule has 0 saturated heterocycles. The average molecular weight is 404 g/mol. The Morgan fingerprint density at radius 3 is 2.57 bits per heavy atom. The van der Waals surface area contributed by atoms with Crippen LogP contribution in [0.15, 0.2) is 18.0 Å². The lowest BCUT2D eigenvalue weighted by Gasteiger charge is -2.59. The first-order chi connectivity index (χ1) is 13.5. The number of amides is 1. The van der Waals surface area contributed by atoms with E-state index in [2.05, 4.69) is 29.1 Å². The summed E-state index contributed by atoms with van der Waals surface area (Å²) in [7, 11) is 0. The molecule has 4 saturated carbocycles. The molecule has 1 aromatic heterocycles. The van der Waals surface area contributed by atoms with Crippen molar-refractivity contribution in [2.75, 3.05) is 18.5 Å². The van der Waals surface area contributed by atoms with Gasteiger partial charge < -0.3 is 15.4 Å². The molecular weight excluding hydrogens is 374 g/mol. The van der Waals surface area contributed by atoms with E-state index in [-0.39, 0.29) is 29.7 Å². The molecule has 0 aliphatic heterocycles. The van der Waals surface area contributed by atoms with Crippen LogP contribution in [0.25, 0.3) is 0 Å². The number of esters is 1. The molecule has 2 N–H and O–H groups in total. The number of anilines is 1. The quantitative estimate of drug-likeness (QED) is 0.512. The highest BCUT2D eigenvalue weighted by Crippen LogP contribution is 2.61. The smallest absolute Gasteiger partial charge is 0.358 e. The molecule has 28 heavy (non-hydrogen) atoms. The highest BCUT2D eigenvalue weighted by molar-refractivity contribution is 7.13. The molecule has 1 heterocycles. The summed E-state index contributed by atoms with van der Waals surface area (Å²) in [6.07, 6.45) is 9.58. The average Bonchev–Trinajstić information content (AvgIpc) is 3.12. The van der Waals surface area contributed by atoms with Crippen molar-refractivity contribution in [3.8, 4) is 0 Å². The Balaban J connectivity index is 1.27. The van der Waals surface area contributed by atoms with Gasteiger partial charge in [-0.05, 0) is 68.6 Å². The molecule has 4 fully saturated rings. The van der Waals surface area contributed by atoms with E-state index < -0.39 is 5.97 Å². The van der Waals surface area contributed by atoms with Crippen LogP contribution in [0.1, 0.15) is 55.9 Å². The Labute approximate surface area is 170 Å². The standard InChI is InChI=1S/C21H29N3O3S/c1-3-4-22-20-24-17(12-28-20)19(26)27-11-18(25)23-13(2)21-8-14-5-15(9-21)7-16(6-14)10-21/h3,12-16H,1,4-11H2,2H3,(H,22,24)(H,23,25). The number of hydrogen-bond acceptors (Lipinski definition) is 6. The van der Waals surface area contributed by atoms with E-state index >= 15 is 0 Å². The normalized spacial score (nSPS) is 31.2. The lowest BCUT2D eigenvalue weighted by molar-refractivity contribution is -0.128. The van der Waals surface area contributed by atoms with Crippen molar-refractivity contribution in [1.82, 2.24) is 10.3 Å². The third-order valence-electron chi connectivity index (χ3n) is 6.83. The maximum Gasteiger partial charge on any atom is 0.358 e. The van der Waals surface area contributed by atoms with Crippen LogP contribution in [0.3, 0.4) is 0 Å². The van der Waals surface area contributed by atoms with Crippen molar-refractivity contribution >= 4 is 28.3 Å². The SMILES string of the molecule is C=CCNc1nc(C(=O)OCC(=O)NC(C)C23CC4CC(CC(C4)C2)C3)cs1. The van der Waals surface area contributed by atoms with Crippen LogP contribution in [-0.2, 0) is 9.53 Å². The molecule has 5 rings (SSSR count). The number of aromatic nitrogens is 1. The predicted molar refractivity (Wildman–Crippen MR) is 109 cm³/mol. The van der Waals surface area contributed by atoms with E-state index in [1.807, 2.05) is 0 Å². The lowest BCUT2D eigenvalue weighted by atomic mass is 9.48. The minimum atomic E-state index is -0.569. The van der Waals surface area contributed by atoms with Gasteiger partial charge in [0.1, 0.15) is 0 Å². The van der Waals surface area contributed by atoms with Crippen molar-refractivity contribution in [1.29, 1.82) is 0 Å². The zero-order chi connectivity index (χ0) is 19.7. The molecule has 1 amide bonds. The minimum absolute atomic E-state index is 0.126. The molecule has 0 radical (unpaired) electrons. The van der Waals surface area contributed by atoms with E-state index in [4.69, 9.17) is 4.74 Å². The summed E-state index contributed by atoms with van der Waals surface area (Å²) >= 11 is 1.32. The van der Waals surface area contributed by atoms with Crippen LogP contribution in [0.5, 0.6) is 0 Å². The van der Waals surface area contributed by atoms with Crippen molar-refractivity contribution in [2.24, 2.45) is 23.2 Å². The van der Waals surface area contributed by atoms with Crippen molar-refractivity contribution < 1.29 is 14.3 Å². The Morgan fingerprint density at radius 2 is 1.96 bits per heavy atom. The number of thiazole rings is 1. The Hall–Kier alpha value is -1.89. The van der Waals surface area contributed by atoms with E-state index in [1.165, 1.54) is 49.9 Å². The topological polar surface area (TPSA) is 80.3 Å². The fourth-order valence-electron chi connectivity index (χ4n) is 5.96. The third-order valence-corrected chi connectivity index (χ3v) is 7.63. The molecule has 1 aromatic rings. The summed E-state index contributed by atoms with van der Waals surface area (Å²) in [5.74, 6) is 1.74. The number of rotatable bonds is 8. The largest absolute Gasteiger partial charge is 0.451 e. The summed E-state index contributed by atoms with van der Waals surface area (Å²) in [6.45, 7) is 6.07. The number of carbonyl (C=O) groups excluding carboxylic acids is 2. The van der Waals surface area contributed by atoms with Crippen LogP contribution >= 0.6 is 11.3 Å². The Morgan fingerprint density at radius 1 is 1.32 bits per heavy atom. The second-order valence-corrected chi connectivity index (χ2v) is 9.71. The summed E-state index contributed by atoms with van der Waals surface area (Å²) < 4.78 is 5.17. The monoisotopic (exact) mass is 403 g/mol. The highest BCUT2D eigenvalue weighted by atomic mass is 32.1. The van der Waals surface area contributed by atoms with Gasteiger partial charge in [0.2, 0.25) is 0 Å². The van der Waals surface area contributed by atoms with Gasteiger partial charge in [0, 0.05) is 18.0 Å². The summed E-state index contributed by atoms with van der Waals surface area (Å²) in [6, 6.07) is 0.126. The fourth-order valence-corrected chi connectivity index (χ4v) is 6.65. The molecule has 4 aliphatic rings. The predicted octanol–water partition coefficient (Wildman–Crippen LogP) is 3.62. The van der Waals surface area contributed by atoms with E-state index in [0.29, 0.717) is 11.7 Å². The van der Waals surface area contributed by atoms with Gasteiger partial charge in [-0.3, -0.25) is 4.79 Å². The van der Waals surface area contributed by atoms with Crippen molar-refractivity contribution in [3.63, 3.8) is 0 Å². The van der Waals surface area contributed by atoms with Gasteiger partial charge in [-0.1, -0.05) is 6.08 Å². The first kappa shape index (κ1) is 19.4. The molecule has 1 atom stereocenters. The van der Waals surface area contributed by atoms with Gasteiger partial charge in [-0.15, -0.1) is 17.9 Å². The maximum atomic E-state index is 12.4. The second kappa shape index (κ2) is 7.85. The van der Waals surface area contributed by atoms with E-state index in [0.717, 1.165) is 17.8 Å². The molecule has 7 heteroatoms. The number of ether oxygens (including phenoxy) is 1. The molecule has 4 aliphatic carbocycles. The summed E-state index contributed by atoms with van der Waals surface area (Å²) in [4.78, 5) is 28.7. The Bertz CT molecular complexity index is 725. The maximum absolute atomic E-state index is 12.4. The lowest BCUT2D eigenvalue weighted by Crippen LogP contribution is -2.56. The minimum Gasteiger partial charge on any atom is -0.451 e. The number of carbonyl (C=O) groups is 2. The Kier molecular flexibility index (Phi) is 5.45. The molecule has 0 aromatic carbocycles. The summed E-state index contributed by atoms with van der Waals surface area (Å²) in [5, 5.41) is 8.41. The van der Waals surface area contributed by atoms with Crippen molar-refractivity contribution in [2.45, 2.75) is 51.5 Å². The van der Waals surface area contributed by atoms with Gasteiger partial charge in [-0.2, -0.15) is 0 Å². The van der Waals surface area contributed by atoms with Crippen LogP contribution in [0.4, 0.5) is 5.13 Å². The van der Waals surface area contributed by atoms with Gasteiger partial charge in [0.05, 0.1) is 0 Å². The number of nitrogens with zero attached hydrogens (tertiary/aromatic N) is 1.